The Bertz CT molecular complexity index is 893. The highest BCUT2D eigenvalue weighted by Gasteiger charge is 2.34. The minimum absolute atomic E-state index is 0.248. The van der Waals surface area contributed by atoms with Crippen LogP contribution in [0.1, 0.15) is 11.6 Å². The van der Waals surface area contributed by atoms with Crippen LogP contribution in [0.2, 0.25) is 0 Å². The first-order valence-electron chi connectivity index (χ1n) is 8.59. The fourth-order valence-electron chi connectivity index (χ4n) is 3.27. The predicted octanol–water partition coefficient (Wildman–Crippen LogP) is 2.04. The number of alkyl halides is 1. The molecule has 0 amide bonds. The Morgan fingerprint density at radius 1 is 1.35 bits per heavy atom. The fraction of sp³-hybridized carbons (Fsp3) is 0.444. The van der Waals surface area contributed by atoms with Gasteiger partial charge in [-0.05, 0) is 12.1 Å². The van der Waals surface area contributed by atoms with Gasteiger partial charge in [-0.15, -0.1) is 0 Å². The summed E-state index contributed by atoms with van der Waals surface area (Å²) in [7, 11) is 3.57. The molecule has 0 saturated carbocycles. The Morgan fingerprint density at radius 3 is 3.00 bits per heavy atom. The molecule has 1 aliphatic heterocycles. The van der Waals surface area contributed by atoms with E-state index in [-0.39, 0.29) is 6.61 Å². The van der Waals surface area contributed by atoms with Crippen molar-refractivity contribution in [3.05, 3.63) is 42.2 Å². The van der Waals surface area contributed by atoms with Gasteiger partial charge in [-0.1, -0.05) is 0 Å². The fourth-order valence-corrected chi connectivity index (χ4v) is 3.27. The lowest BCUT2D eigenvalue weighted by molar-refractivity contribution is 0.00857. The molecule has 0 radical (unpaired) electrons. The Labute approximate surface area is 150 Å². The van der Waals surface area contributed by atoms with Gasteiger partial charge in [0.25, 0.3) is 0 Å². The van der Waals surface area contributed by atoms with Gasteiger partial charge in [0.05, 0.1) is 24.7 Å². The van der Waals surface area contributed by atoms with Crippen LogP contribution < -0.4 is 4.74 Å². The highest BCUT2D eigenvalue weighted by Crippen LogP contribution is 2.22. The van der Waals surface area contributed by atoms with E-state index in [1.165, 1.54) is 0 Å². The average Bonchev–Trinajstić information content (AvgIpc) is 3.32. The van der Waals surface area contributed by atoms with Gasteiger partial charge in [0.2, 0.25) is 0 Å². The maximum atomic E-state index is 14.3. The summed E-state index contributed by atoms with van der Waals surface area (Å²) in [5.41, 5.74) is 1.71. The number of aromatic amines is 1. The molecule has 138 valence electrons. The Hall–Kier alpha value is -2.45. The molecule has 1 N–H and O–H groups in total. The molecule has 26 heavy (non-hydrogen) atoms. The summed E-state index contributed by atoms with van der Waals surface area (Å²) < 4.78 is 27.3. The van der Waals surface area contributed by atoms with Gasteiger partial charge in [-0.2, -0.15) is 0 Å². The monoisotopic (exact) mass is 359 g/mol. The SMILES string of the molecule is COc1ccc2nc(CO[C@H]3CN(Cc4nccn4C)C[C@H]3F)[nH]c2c1. The zero-order valence-electron chi connectivity index (χ0n) is 14.9. The molecule has 0 unspecified atom stereocenters. The highest BCUT2D eigenvalue weighted by molar-refractivity contribution is 5.76. The van der Waals surface area contributed by atoms with Crippen molar-refractivity contribution in [2.45, 2.75) is 25.4 Å². The number of hydrogen-bond donors (Lipinski definition) is 1. The van der Waals surface area contributed by atoms with Gasteiger partial charge in [0, 0.05) is 38.6 Å². The molecule has 2 atom stereocenters. The third kappa shape index (κ3) is 3.42. The smallest absolute Gasteiger partial charge is 0.140 e. The van der Waals surface area contributed by atoms with Crippen molar-refractivity contribution in [3.8, 4) is 5.75 Å². The Morgan fingerprint density at radius 2 is 2.23 bits per heavy atom. The van der Waals surface area contributed by atoms with Gasteiger partial charge in [0.1, 0.15) is 36.3 Å². The molecular formula is C18H22FN5O2. The maximum Gasteiger partial charge on any atom is 0.140 e. The molecule has 1 aromatic carbocycles. The van der Waals surface area contributed by atoms with Crippen molar-refractivity contribution in [1.82, 2.24) is 24.4 Å². The number of likely N-dealkylation sites (tertiary alicyclic amines) is 1. The maximum absolute atomic E-state index is 14.3. The van der Waals surface area contributed by atoms with Crippen LogP contribution in [-0.2, 0) is 24.9 Å². The molecule has 2 aromatic heterocycles. The summed E-state index contributed by atoms with van der Waals surface area (Å²) in [5, 5.41) is 0. The van der Waals surface area contributed by atoms with Crippen LogP contribution in [0.15, 0.2) is 30.6 Å². The lowest BCUT2D eigenvalue weighted by atomic mass is 10.3. The molecule has 0 bridgehead atoms. The molecule has 7 nitrogen and oxygen atoms in total. The molecule has 0 aliphatic carbocycles. The summed E-state index contributed by atoms with van der Waals surface area (Å²) >= 11 is 0. The number of nitrogens with one attached hydrogen (secondary N) is 1. The van der Waals surface area contributed by atoms with Gasteiger partial charge in [-0.25, -0.2) is 14.4 Å². The third-order valence-corrected chi connectivity index (χ3v) is 4.73. The summed E-state index contributed by atoms with van der Waals surface area (Å²) in [4.78, 5) is 14.0. The second kappa shape index (κ2) is 7.05. The first-order chi connectivity index (χ1) is 12.6. The third-order valence-electron chi connectivity index (χ3n) is 4.73. The van der Waals surface area contributed by atoms with E-state index in [1.54, 1.807) is 13.3 Å². The number of benzene rings is 1. The zero-order valence-corrected chi connectivity index (χ0v) is 14.9. The number of fused-ring (bicyclic) bond motifs is 1. The second-order valence-electron chi connectivity index (χ2n) is 6.58. The summed E-state index contributed by atoms with van der Waals surface area (Å²) in [6.45, 7) is 1.77. The number of imidazole rings is 2. The normalized spacial score (nSPS) is 20.9. The number of aromatic nitrogens is 4. The first kappa shape index (κ1) is 17.0. The van der Waals surface area contributed by atoms with Crippen LogP contribution >= 0.6 is 0 Å². The van der Waals surface area contributed by atoms with Crippen molar-refractivity contribution < 1.29 is 13.9 Å². The second-order valence-corrected chi connectivity index (χ2v) is 6.58. The molecular weight excluding hydrogens is 337 g/mol. The number of halogens is 1. The van der Waals surface area contributed by atoms with E-state index in [1.807, 2.05) is 40.9 Å². The largest absolute Gasteiger partial charge is 0.497 e. The van der Waals surface area contributed by atoms with E-state index >= 15 is 0 Å². The van der Waals surface area contributed by atoms with Gasteiger partial charge >= 0.3 is 0 Å². The predicted molar refractivity (Wildman–Crippen MR) is 94.6 cm³/mol. The van der Waals surface area contributed by atoms with E-state index < -0.39 is 12.3 Å². The Balaban J connectivity index is 1.36. The molecule has 1 fully saturated rings. The minimum Gasteiger partial charge on any atom is -0.497 e. The number of aryl methyl sites for hydroxylation is 1. The number of rotatable bonds is 6. The van der Waals surface area contributed by atoms with Crippen molar-refractivity contribution in [1.29, 1.82) is 0 Å². The van der Waals surface area contributed by atoms with Crippen LogP contribution in [-0.4, -0.2) is 56.9 Å². The topological polar surface area (TPSA) is 68.2 Å². The number of hydrogen-bond acceptors (Lipinski definition) is 5. The van der Waals surface area contributed by atoms with Gasteiger partial charge < -0.3 is 19.0 Å². The van der Waals surface area contributed by atoms with Crippen LogP contribution in [0, 0.1) is 0 Å². The minimum atomic E-state index is -1.01. The lowest BCUT2D eigenvalue weighted by Crippen LogP contribution is -2.25. The lowest BCUT2D eigenvalue weighted by Gasteiger charge is -2.15. The molecule has 0 spiro atoms. The standard InChI is InChI=1S/C18H22FN5O2/c1-23-6-5-20-18(23)10-24-8-13(19)16(9-24)26-11-17-21-14-4-3-12(25-2)7-15(14)22-17/h3-7,13,16H,8-11H2,1-2H3,(H,21,22)/t13-,16+/m1/s1. The van der Waals surface area contributed by atoms with Crippen molar-refractivity contribution in [2.24, 2.45) is 7.05 Å². The van der Waals surface area contributed by atoms with E-state index in [4.69, 9.17) is 9.47 Å². The quantitative estimate of drug-likeness (QED) is 0.730. The van der Waals surface area contributed by atoms with E-state index in [9.17, 15) is 4.39 Å². The molecule has 3 aromatic rings. The van der Waals surface area contributed by atoms with E-state index in [0.717, 1.165) is 22.6 Å². The number of nitrogens with zero attached hydrogens (tertiary/aromatic N) is 4. The zero-order chi connectivity index (χ0) is 18.1. The van der Waals surface area contributed by atoms with Crippen molar-refractivity contribution in [3.63, 3.8) is 0 Å². The molecule has 4 rings (SSSR count). The van der Waals surface area contributed by atoms with Crippen LogP contribution in [0.3, 0.4) is 0 Å². The molecule has 1 aliphatic rings. The molecule has 1 saturated heterocycles. The van der Waals surface area contributed by atoms with Gasteiger partial charge in [-0.3, -0.25) is 4.90 Å². The van der Waals surface area contributed by atoms with Crippen LogP contribution in [0.25, 0.3) is 11.0 Å². The summed E-state index contributed by atoms with van der Waals surface area (Å²) in [5.74, 6) is 2.37. The number of ether oxygens (including phenoxy) is 2. The number of H-pyrrole nitrogens is 1. The van der Waals surface area contributed by atoms with Crippen molar-refractivity contribution >= 4 is 11.0 Å². The van der Waals surface area contributed by atoms with E-state index in [0.29, 0.717) is 25.5 Å². The van der Waals surface area contributed by atoms with Crippen LogP contribution in [0.4, 0.5) is 4.39 Å². The summed E-state index contributed by atoms with van der Waals surface area (Å²) in [6.07, 6.45) is 2.17. The van der Waals surface area contributed by atoms with Gasteiger partial charge in [0.15, 0.2) is 0 Å². The first-order valence-corrected chi connectivity index (χ1v) is 8.59. The van der Waals surface area contributed by atoms with E-state index in [2.05, 4.69) is 15.0 Å². The average molecular weight is 359 g/mol. The molecule has 3 heterocycles. The Kier molecular flexibility index (Phi) is 4.60. The highest BCUT2D eigenvalue weighted by atomic mass is 19.1. The van der Waals surface area contributed by atoms with Crippen molar-refractivity contribution in [2.75, 3.05) is 20.2 Å². The van der Waals surface area contributed by atoms with Crippen LogP contribution in [0.5, 0.6) is 5.75 Å². The summed E-state index contributed by atoms with van der Waals surface area (Å²) in [6, 6.07) is 5.63. The number of methoxy groups -OCH3 is 1. The molecule has 8 heteroatoms.